The summed E-state index contributed by atoms with van der Waals surface area (Å²) in [4.78, 5) is 0. The van der Waals surface area contributed by atoms with Crippen LogP contribution in [0.2, 0.25) is 0 Å². The smallest absolute Gasteiger partial charge is 0.0359 e. The van der Waals surface area contributed by atoms with Crippen molar-refractivity contribution >= 4 is 0 Å². The standard InChI is InChI=1S/C12H22N2/c1-4-11(5-2)9-13-10-12-7-6-8-14(12)3/h6-8,11,13H,4-5,9-10H2,1-3H3. The van der Waals surface area contributed by atoms with Gasteiger partial charge in [0.05, 0.1) is 0 Å². The lowest BCUT2D eigenvalue weighted by Gasteiger charge is -2.13. The first kappa shape index (κ1) is 11.3. The summed E-state index contributed by atoms with van der Waals surface area (Å²) in [7, 11) is 2.09. The van der Waals surface area contributed by atoms with E-state index < -0.39 is 0 Å². The summed E-state index contributed by atoms with van der Waals surface area (Å²) in [5, 5.41) is 3.51. The van der Waals surface area contributed by atoms with Crippen LogP contribution in [0.25, 0.3) is 0 Å². The molecule has 2 heteroatoms. The van der Waals surface area contributed by atoms with Crippen LogP contribution in [0.1, 0.15) is 32.4 Å². The van der Waals surface area contributed by atoms with Gasteiger partial charge in [0.25, 0.3) is 0 Å². The Morgan fingerprint density at radius 1 is 1.36 bits per heavy atom. The minimum absolute atomic E-state index is 0.829. The quantitative estimate of drug-likeness (QED) is 0.736. The maximum atomic E-state index is 3.51. The number of hydrogen-bond acceptors (Lipinski definition) is 1. The van der Waals surface area contributed by atoms with Crippen molar-refractivity contribution < 1.29 is 0 Å². The summed E-state index contributed by atoms with van der Waals surface area (Å²) in [5.74, 6) is 0.829. The van der Waals surface area contributed by atoms with E-state index in [2.05, 4.69) is 49.1 Å². The Kier molecular flexibility index (Phi) is 4.74. The molecule has 0 spiro atoms. The van der Waals surface area contributed by atoms with Crippen LogP contribution >= 0.6 is 0 Å². The highest BCUT2D eigenvalue weighted by atomic mass is 15.0. The molecule has 1 aromatic rings. The van der Waals surface area contributed by atoms with Gasteiger partial charge in [-0.05, 0) is 24.6 Å². The fraction of sp³-hybridized carbons (Fsp3) is 0.667. The number of nitrogens with one attached hydrogen (secondary N) is 1. The number of hydrogen-bond donors (Lipinski definition) is 1. The highest BCUT2D eigenvalue weighted by molar-refractivity contribution is 5.05. The average Bonchev–Trinajstić information content (AvgIpc) is 2.59. The van der Waals surface area contributed by atoms with Crippen LogP contribution in [0.5, 0.6) is 0 Å². The van der Waals surface area contributed by atoms with E-state index in [0.717, 1.165) is 19.0 Å². The van der Waals surface area contributed by atoms with Crippen molar-refractivity contribution in [2.24, 2.45) is 13.0 Å². The van der Waals surface area contributed by atoms with Crippen molar-refractivity contribution in [2.45, 2.75) is 33.2 Å². The highest BCUT2D eigenvalue weighted by Gasteiger charge is 2.02. The topological polar surface area (TPSA) is 17.0 Å². The molecule has 1 N–H and O–H groups in total. The number of aromatic nitrogens is 1. The summed E-state index contributed by atoms with van der Waals surface area (Å²) >= 11 is 0. The highest BCUT2D eigenvalue weighted by Crippen LogP contribution is 2.06. The molecule has 0 unspecified atom stereocenters. The van der Waals surface area contributed by atoms with Crippen LogP contribution in [0.15, 0.2) is 18.3 Å². The van der Waals surface area contributed by atoms with Crippen LogP contribution in [-0.4, -0.2) is 11.1 Å². The van der Waals surface area contributed by atoms with Gasteiger partial charge >= 0.3 is 0 Å². The van der Waals surface area contributed by atoms with Gasteiger partial charge in [-0.15, -0.1) is 0 Å². The zero-order valence-corrected chi connectivity index (χ0v) is 9.59. The van der Waals surface area contributed by atoms with Crippen molar-refractivity contribution in [1.82, 2.24) is 9.88 Å². The molecular weight excluding hydrogens is 172 g/mol. The van der Waals surface area contributed by atoms with E-state index in [-0.39, 0.29) is 0 Å². The summed E-state index contributed by atoms with van der Waals surface area (Å²) in [6.45, 7) is 6.65. The van der Waals surface area contributed by atoms with E-state index in [9.17, 15) is 0 Å². The first-order chi connectivity index (χ1) is 6.77. The van der Waals surface area contributed by atoms with Crippen LogP contribution < -0.4 is 5.32 Å². The molecule has 0 amide bonds. The normalized spacial score (nSPS) is 11.1. The van der Waals surface area contributed by atoms with Gasteiger partial charge in [0.1, 0.15) is 0 Å². The van der Waals surface area contributed by atoms with Gasteiger partial charge in [0, 0.05) is 25.5 Å². The van der Waals surface area contributed by atoms with Crippen LogP contribution in [0.4, 0.5) is 0 Å². The molecular formula is C12H22N2. The molecule has 0 fully saturated rings. The second-order valence-corrected chi connectivity index (χ2v) is 3.92. The lowest BCUT2D eigenvalue weighted by atomic mass is 10.0. The van der Waals surface area contributed by atoms with E-state index in [1.54, 1.807) is 0 Å². The van der Waals surface area contributed by atoms with Crippen molar-refractivity contribution in [3.8, 4) is 0 Å². The first-order valence-electron chi connectivity index (χ1n) is 5.58. The van der Waals surface area contributed by atoms with E-state index in [1.807, 2.05) is 0 Å². The van der Waals surface area contributed by atoms with Crippen LogP contribution in [0, 0.1) is 5.92 Å². The van der Waals surface area contributed by atoms with Gasteiger partial charge in [-0.2, -0.15) is 0 Å². The number of rotatable bonds is 6. The third-order valence-corrected chi connectivity index (χ3v) is 2.95. The SMILES string of the molecule is CCC(CC)CNCc1cccn1C. The molecule has 0 aliphatic heterocycles. The largest absolute Gasteiger partial charge is 0.353 e. The van der Waals surface area contributed by atoms with Crippen molar-refractivity contribution in [1.29, 1.82) is 0 Å². The molecule has 1 aromatic heterocycles. The minimum Gasteiger partial charge on any atom is -0.353 e. The fourth-order valence-electron chi connectivity index (χ4n) is 1.66. The van der Waals surface area contributed by atoms with Gasteiger partial charge in [0.2, 0.25) is 0 Å². The van der Waals surface area contributed by atoms with Crippen molar-refractivity contribution in [3.63, 3.8) is 0 Å². The molecule has 0 aromatic carbocycles. The van der Waals surface area contributed by atoms with Crippen molar-refractivity contribution in [2.75, 3.05) is 6.54 Å². The van der Waals surface area contributed by atoms with Gasteiger partial charge in [-0.1, -0.05) is 26.7 Å². The molecule has 0 atom stereocenters. The predicted molar refractivity (Wildman–Crippen MR) is 61.2 cm³/mol. The molecule has 0 saturated carbocycles. The monoisotopic (exact) mass is 194 g/mol. The molecule has 0 aliphatic rings. The zero-order chi connectivity index (χ0) is 10.4. The van der Waals surface area contributed by atoms with Gasteiger partial charge < -0.3 is 9.88 Å². The molecule has 1 heterocycles. The Morgan fingerprint density at radius 2 is 2.07 bits per heavy atom. The first-order valence-corrected chi connectivity index (χ1v) is 5.58. The Morgan fingerprint density at radius 3 is 2.57 bits per heavy atom. The molecule has 2 nitrogen and oxygen atoms in total. The number of nitrogens with zero attached hydrogens (tertiary/aromatic N) is 1. The van der Waals surface area contributed by atoms with E-state index >= 15 is 0 Å². The van der Waals surface area contributed by atoms with Crippen LogP contribution in [-0.2, 0) is 13.6 Å². The van der Waals surface area contributed by atoms with Crippen molar-refractivity contribution in [3.05, 3.63) is 24.0 Å². The van der Waals surface area contributed by atoms with Gasteiger partial charge in [-0.25, -0.2) is 0 Å². The third kappa shape index (κ3) is 3.18. The summed E-state index contributed by atoms with van der Waals surface area (Å²) in [5.41, 5.74) is 1.36. The zero-order valence-electron chi connectivity index (χ0n) is 9.59. The molecule has 1 rings (SSSR count). The molecule has 80 valence electrons. The molecule has 0 radical (unpaired) electrons. The molecule has 0 aliphatic carbocycles. The fourth-order valence-corrected chi connectivity index (χ4v) is 1.66. The minimum atomic E-state index is 0.829. The average molecular weight is 194 g/mol. The Labute approximate surface area is 87.3 Å². The molecule has 14 heavy (non-hydrogen) atoms. The van der Waals surface area contributed by atoms with E-state index in [0.29, 0.717) is 0 Å². The van der Waals surface area contributed by atoms with E-state index in [1.165, 1.54) is 18.5 Å². The van der Waals surface area contributed by atoms with Crippen LogP contribution in [0.3, 0.4) is 0 Å². The Bertz CT molecular complexity index is 249. The predicted octanol–water partition coefficient (Wildman–Crippen LogP) is 2.55. The summed E-state index contributed by atoms with van der Waals surface area (Å²) in [6, 6.07) is 4.26. The number of aryl methyl sites for hydroxylation is 1. The maximum Gasteiger partial charge on any atom is 0.0359 e. The molecule has 0 bridgehead atoms. The second-order valence-electron chi connectivity index (χ2n) is 3.92. The second kappa shape index (κ2) is 5.86. The maximum absolute atomic E-state index is 3.51. The molecule has 0 saturated heterocycles. The Hall–Kier alpha value is -0.760. The Balaban J connectivity index is 2.24. The third-order valence-electron chi connectivity index (χ3n) is 2.95. The van der Waals surface area contributed by atoms with Gasteiger partial charge in [0.15, 0.2) is 0 Å². The summed E-state index contributed by atoms with van der Waals surface area (Å²) < 4.78 is 2.17. The van der Waals surface area contributed by atoms with E-state index in [4.69, 9.17) is 0 Å². The lowest BCUT2D eigenvalue weighted by Crippen LogP contribution is -2.22. The lowest BCUT2D eigenvalue weighted by molar-refractivity contribution is 0.446. The van der Waals surface area contributed by atoms with Gasteiger partial charge in [-0.3, -0.25) is 0 Å². The summed E-state index contributed by atoms with van der Waals surface area (Å²) in [6.07, 6.45) is 4.64.